The van der Waals surface area contributed by atoms with E-state index in [2.05, 4.69) is 10.3 Å². The van der Waals surface area contributed by atoms with Gasteiger partial charge in [0.1, 0.15) is 16.8 Å². The van der Waals surface area contributed by atoms with Crippen LogP contribution in [0.5, 0.6) is 5.75 Å². The second-order valence-corrected chi connectivity index (χ2v) is 11.8. The fraction of sp³-hybridized carbons (Fsp3) is 0.143. The van der Waals surface area contributed by atoms with Gasteiger partial charge in [0.15, 0.2) is 6.61 Å². The summed E-state index contributed by atoms with van der Waals surface area (Å²) in [5, 5.41) is 2.98. The maximum atomic E-state index is 13.7. The molecule has 1 saturated heterocycles. The Morgan fingerprint density at radius 2 is 1.68 bits per heavy atom. The first-order chi connectivity index (χ1) is 19.3. The van der Waals surface area contributed by atoms with Gasteiger partial charge in [-0.15, -0.1) is 0 Å². The third-order valence-corrected chi connectivity index (χ3v) is 9.30. The minimum absolute atomic E-state index is 0.260. The number of nitrogens with zero attached hydrogens (tertiary/aromatic N) is 1. The van der Waals surface area contributed by atoms with E-state index in [4.69, 9.17) is 16.3 Å². The molecule has 3 atom stereocenters. The third-order valence-electron chi connectivity index (χ3n) is 6.65. The third kappa shape index (κ3) is 4.91. The average molecular weight is 596 g/mol. The Balaban J connectivity index is 1.24. The molecule has 2 aliphatic rings. The molecule has 3 heterocycles. The van der Waals surface area contributed by atoms with Gasteiger partial charge >= 0.3 is 4.87 Å². The van der Waals surface area contributed by atoms with Gasteiger partial charge in [0.05, 0.1) is 16.6 Å². The number of thioether (sulfide) groups is 1. The van der Waals surface area contributed by atoms with Crippen molar-refractivity contribution in [2.75, 3.05) is 16.8 Å². The van der Waals surface area contributed by atoms with Crippen molar-refractivity contribution in [3.63, 3.8) is 0 Å². The number of benzene rings is 3. The van der Waals surface area contributed by atoms with Gasteiger partial charge in [-0.3, -0.25) is 19.2 Å². The average Bonchev–Trinajstić information content (AvgIpc) is 3.44. The fourth-order valence-electron chi connectivity index (χ4n) is 4.87. The van der Waals surface area contributed by atoms with E-state index in [-0.39, 0.29) is 23.3 Å². The molecule has 3 aromatic carbocycles. The Morgan fingerprint density at radius 1 is 0.975 bits per heavy atom. The largest absolute Gasteiger partial charge is 0.484 e. The number of thiazole rings is 1. The molecule has 2 N–H and O–H groups in total. The summed E-state index contributed by atoms with van der Waals surface area (Å²) in [7, 11) is 0. The summed E-state index contributed by atoms with van der Waals surface area (Å²) in [5.74, 6) is -2.36. The molecule has 2 aliphatic heterocycles. The zero-order valence-corrected chi connectivity index (χ0v) is 22.8. The van der Waals surface area contributed by atoms with Crippen molar-refractivity contribution < 1.29 is 23.5 Å². The van der Waals surface area contributed by atoms with Gasteiger partial charge in [-0.25, -0.2) is 9.29 Å². The van der Waals surface area contributed by atoms with Crippen LogP contribution in [0.25, 0.3) is 0 Å². The molecular formula is C28H19ClFN3O5S2. The molecule has 6 rings (SSSR count). The molecule has 0 bridgehead atoms. The van der Waals surface area contributed by atoms with E-state index in [9.17, 15) is 23.6 Å². The van der Waals surface area contributed by atoms with E-state index in [1.165, 1.54) is 40.9 Å². The highest BCUT2D eigenvalue weighted by atomic mass is 35.5. The highest BCUT2D eigenvalue weighted by Crippen LogP contribution is 2.53. The SMILES string of the molecule is O=C(COc1ccc([C@@H]2c3sc(=O)[nH]c3S[C@H]3C(=O)N(c4ccc(Cl)cc4)C(=O)[C@@H]23)cc1)Nc1ccc(F)cc1. The number of carbonyl (C=O) groups excluding carboxylic acids is 3. The van der Waals surface area contributed by atoms with Crippen molar-refractivity contribution in [2.24, 2.45) is 5.92 Å². The number of ether oxygens (including phenoxy) is 1. The quantitative estimate of drug-likeness (QED) is 0.302. The van der Waals surface area contributed by atoms with E-state index < -0.39 is 28.8 Å². The van der Waals surface area contributed by atoms with E-state index in [1.54, 1.807) is 48.5 Å². The van der Waals surface area contributed by atoms with E-state index in [1.807, 2.05) is 0 Å². The number of anilines is 2. The van der Waals surface area contributed by atoms with Gasteiger partial charge in [-0.05, 0) is 66.2 Å². The van der Waals surface area contributed by atoms with Crippen LogP contribution in [-0.4, -0.2) is 34.6 Å². The minimum atomic E-state index is -0.722. The molecule has 1 aromatic heterocycles. The lowest BCUT2D eigenvalue weighted by molar-refractivity contribution is -0.122. The smallest absolute Gasteiger partial charge is 0.305 e. The number of hydrogen-bond acceptors (Lipinski definition) is 7. The predicted molar refractivity (Wildman–Crippen MR) is 151 cm³/mol. The second kappa shape index (κ2) is 10.6. The van der Waals surface area contributed by atoms with Gasteiger partial charge in [0.2, 0.25) is 11.8 Å². The Bertz CT molecular complexity index is 1670. The Hall–Kier alpha value is -3.93. The summed E-state index contributed by atoms with van der Waals surface area (Å²) in [6, 6.07) is 18.8. The normalized spacial score (nSPS) is 19.8. The van der Waals surface area contributed by atoms with Crippen LogP contribution >= 0.6 is 34.7 Å². The molecule has 4 aromatic rings. The summed E-state index contributed by atoms with van der Waals surface area (Å²) in [4.78, 5) is 56.1. The zero-order valence-electron chi connectivity index (χ0n) is 20.4. The number of hydrogen-bond donors (Lipinski definition) is 2. The summed E-state index contributed by atoms with van der Waals surface area (Å²) in [5.41, 5.74) is 1.61. The Kier molecular flexibility index (Phi) is 6.95. The van der Waals surface area contributed by atoms with Crippen molar-refractivity contribution in [2.45, 2.75) is 16.2 Å². The minimum Gasteiger partial charge on any atom is -0.484 e. The maximum absolute atomic E-state index is 13.7. The number of H-pyrrole nitrogens is 1. The number of halogens is 2. The molecule has 0 radical (unpaired) electrons. The van der Waals surface area contributed by atoms with Crippen LogP contribution in [0.3, 0.4) is 0 Å². The number of nitrogens with one attached hydrogen (secondary N) is 2. The summed E-state index contributed by atoms with van der Waals surface area (Å²) in [6.45, 7) is -0.270. The van der Waals surface area contributed by atoms with Crippen LogP contribution in [0.1, 0.15) is 16.4 Å². The highest BCUT2D eigenvalue weighted by molar-refractivity contribution is 8.00. The molecule has 8 nitrogen and oxygen atoms in total. The van der Waals surface area contributed by atoms with Crippen molar-refractivity contribution >= 4 is 63.8 Å². The number of rotatable bonds is 6. The predicted octanol–water partition coefficient (Wildman–Crippen LogP) is 5.04. The lowest BCUT2D eigenvalue weighted by Crippen LogP contribution is -2.32. The molecule has 1 fully saturated rings. The molecular weight excluding hydrogens is 577 g/mol. The number of imide groups is 1. The van der Waals surface area contributed by atoms with Crippen molar-refractivity contribution in [1.82, 2.24) is 4.98 Å². The molecule has 0 aliphatic carbocycles. The number of aromatic nitrogens is 1. The first-order valence-corrected chi connectivity index (χ1v) is 14.2. The van der Waals surface area contributed by atoms with Crippen LogP contribution in [-0.2, 0) is 14.4 Å². The van der Waals surface area contributed by atoms with Gasteiger partial charge in [-0.2, -0.15) is 0 Å². The fourth-order valence-corrected chi connectivity index (χ4v) is 7.51. The first-order valence-electron chi connectivity index (χ1n) is 12.1. The lowest BCUT2D eigenvalue weighted by atomic mass is 9.83. The Labute approximate surface area is 240 Å². The molecule has 40 heavy (non-hydrogen) atoms. The van der Waals surface area contributed by atoms with Crippen LogP contribution in [0, 0.1) is 11.7 Å². The second-order valence-electron chi connectivity index (χ2n) is 9.15. The van der Waals surface area contributed by atoms with E-state index in [0.717, 1.165) is 16.9 Å². The monoisotopic (exact) mass is 595 g/mol. The standard InChI is InChI=1S/C28H19ClFN3O5S2/c29-15-3-9-18(10-4-15)33-26(35)22-21(23-25(32-28(37)40-23)39-24(22)27(33)36)14-1-11-19(12-2-14)38-13-20(34)31-17-7-5-16(30)6-8-17/h1-12,21-22,24H,13H2,(H,31,34)(H,32,37)/t21-,22-,24+/m0/s1. The highest BCUT2D eigenvalue weighted by Gasteiger charge is 2.56. The van der Waals surface area contributed by atoms with E-state index in [0.29, 0.717) is 32.1 Å². The molecule has 12 heteroatoms. The van der Waals surface area contributed by atoms with Crippen molar-refractivity contribution in [3.8, 4) is 5.75 Å². The summed E-state index contributed by atoms with van der Waals surface area (Å²) in [6.07, 6.45) is 0. The summed E-state index contributed by atoms with van der Waals surface area (Å²) >= 11 is 8.23. The first kappa shape index (κ1) is 26.3. The number of amides is 3. The molecule has 0 unspecified atom stereocenters. The van der Waals surface area contributed by atoms with E-state index >= 15 is 0 Å². The summed E-state index contributed by atoms with van der Waals surface area (Å²) < 4.78 is 18.7. The van der Waals surface area contributed by atoms with Gasteiger partial charge in [0, 0.05) is 21.5 Å². The van der Waals surface area contributed by atoms with Crippen LogP contribution in [0.2, 0.25) is 5.02 Å². The molecule has 3 amide bonds. The zero-order chi connectivity index (χ0) is 28.0. The molecule has 0 saturated carbocycles. The number of carbonyl (C=O) groups is 3. The van der Waals surface area contributed by atoms with Crippen LogP contribution < -0.4 is 19.8 Å². The van der Waals surface area contributed by atoms with Gasteiger partial charge in [0.25, 0.3) is 5.91 Å². The number of aromatic amines is 1. The van der Waals surface area contributed by atoms with Crippen molar-refractivity contribution in [1.29, 1.82) is 0 Å². The van der Waals surface area contributed by atoms with Crippen molar-refractivity contribution in [3.05, 3.63) is 104 Å². The molecule has 202 valence electrons. The maximum Gasteiger partial charge on any atom is 0.305 e. The topological polar surface area (TPSA) is 109 Å². The van der Waals surface area contributed by atoms with Gasteiger partial charge in [-0.1, -0.05) is 46.8 Å². The molecule has 0 spiro atoms. The van der Waals surface area contributed by atoms with Crippen LogP contribution in [0.15, 0.2) is 82.6 Å². The lowest BCUT2D eigenvalue weighted by Gasteiger charge is -2.29. The number of fused-ring (bicyclic) bond motifs is 2. The van der Waals surface area contributed by atoms with Gasteiger partial charge < -0.3 is 15.0 Å². The Morgan fingerprint density at radius 3 is 2.38 bits per heavy atom. The van der Waals surface area contributed by atoms with Crippen LogP contribution in [0.4, 0.5) is 15.8 Å².